The van der Waals surface area contributed by atoms with E-state index in [9.17, 15) is 0 Å². The number of rotatable bonds is 2. The molecule has 0 bridgehead atoms. The Morgan fingerprint density at radius 2 is 2.20 bits per heavy atom. The van der Waals surface area contributed by atoms with Crippen LogP contribution in [0.1, 0.15) is 5.89 Å². The van der Waals surface area contributed by atoms with Crippen molar-refractivity contribution in [2.45, 2.75) is 6.92 Å². The number of ether oxygens (including phenoxy) is 1. The average Bonchev–Trinajstić information content (AvgIpc) is 2.65. The Balaban J connectivity index is 2.42. The van der Waals surface area contributed by atoms with Gasteiger partial charge < -0.3 is 14.9 Å². The first-order chi connectivity index (χ1) is 7.20. The van der Waals surface area contributed by atoms with Gasteiger partial charge in [0, 0.05) is 12.5 Å². The van der Waals surface area contributed by atoms with Crippen LogP contribution in [0.15, 0.2) is 28.9 Å². The molecule has 0 aliphatic rings. The lowest BCUT2D eigenvalue weighted by molar-refractivity contribution is 0.417. The Bertz CT molecular complexity index is 477. The molecular weight excluding hydrogens is 192 g/mol. The van der Waals surface area contributed by atoms with Gasteiger partial charge in [-0.3, -0.25) is 0 Å². The number of benzene rings is 1. The zero-order chi connectivity index (χ0) is 10.8. The van der Waals surface area contributed by atoms with Crippen molar-refractivity contribution in [2.75, 3.05) is 12.8 Å². The number of hydrogen-bond acceptors (Lipinski definition) is 4. The van der Waals surface area contributed by atoms with Gasteiger partial charge in [-0.2, -0.15) is 0 Å². The molecular formula is C11H12N2O2. The van der Waals surface area contributed by atoms with Crippen molar-refractivity contribution in [1.29, 1.82) is 0 Å². The third kappa shape index (κ3) is 1.79. The molecule has 1 aromatic carbocycles. The molecule has 0 radical (unpaired) electrons. The molecule has 0 atom stereocenters. The van der Waals surface area contributed by atoms with Crippen LogP contribution in [0.4, 0.5) is 5.69 Å². The Labute approximate surface area is 87.7 Å². The number of anilines is 1. The van der Waals surface area contributed by atoms with Crippen LogP contribution in [0, 0.1) is 6.92 Å². The van der Waals surface area contributed by atoms with Crippen molar-refractivity contribution in [2.24, 2.45) is 0 Å². The molecule has 0 aliphatic heterocycles. The highest BCUT2D eigenvalue weighted by Crippen LogP contribution is 2.27. The summed E-state index contributed by atoms with van der Waals surface area (Å²) in [5, 5.41) is 0. The van der Waals surface area contributed by atoms with Crippen LogP contribution >= 0.6 is 0 Å². The summed E-state index contributed by atoms with van der Waals surface area (Å²) in [5.74, 6) is 1.30. The summed E-state index contributed by atoms with van der Waals surface area (Å²) in [6.07, 6.45) is 1.61. The summed E-state index contributed by atoms with van der Waals surface area (Å²) < 4.78 is 10.2. The van der Waals surface area contributed by atoms with Gasteiger partial charge in [0.25, 0.3) is 0 Å². The lowest BCUT2D eigenvalue weighted by Gasteiger charge is -2.04. The fourth-order valence-electron chi connectivity index (χ4n) is 1.39. The number of nitrogens with two attached hydrogens (primary N) is 1. The molecule has 0 saturated carbocycles. The molecule has 2 N–H and O–H groups in total. The summed E-state index contributed by atoms with van der Waals surface area (Å²) in [5.41, 5.74) is 8.09. The van der Waals surface area contributed by atoms with Crippen molar-refractivity contribution in [3.8, 4) is 17.0 Å². The number of nitrogen functional groups attached to an aromatic ring is 1. The zero-order valence-corrected chi connectivity index (χ0v) is 8.65. The van der Waals surface area contributed by atoms with E-state index in [1.807, 2.05) is 18.2 Å². The minimum atomic E-state index is 0.593. The van der Waals surface area contributed by atoms with Crippen LogP contribution in [0.25, 0.3) is 11.3 Å². The lowest BCUT2D eigenvalue weighted by atomic mass is 10.1. The minimum Gasteiger partial charge on any atom is -0.495 e. The maximum absolute atomic E-state index is 5.79. The minimum absolute atomic E-state index is 0.593. The van der Waals surface area contributed by atoms with Gasteiger partial charge in [-0.1, -0.05) is 0 Å². The normalized spacial score (nSPS) is 10.3. The number of aryl methyl sites for hydroxylation is 1. The molecule has 4 heteroatoms. The topological polar surface area (TPSA) is 61.3 Å². The SMILES string of the molecule is COc1ccc(-c2coc(C)n2)cc1N. The highest BCUT2D eigenvalue weighted by Gasteiger charge is 2.06. The molecule has 2 aromatic rings. The quantitative estimate of drug-likeness (QED) is 0.762. The number of methoxy groups -OCH3 is 1. The molecule has 4 nitrogen and oxygen atoms in total. The molecule has 0 amide bonds. The fourth-order valence-corrected chi connectivity index (χ4v) is 1.39. The summed E-state index contributed by atoms with van der Waals surface area (Å²) >= 11 is 0. The van der Waals surface area contributed by atoms with Crippen LogP contribution in [0.3, 0.4) is 0 Å². The highest BCUT2D eigenvalue weighted by molar-refractivity contribution is 5.67. The molecule has 2 rings (SSSR count). The van der Waals surface area contributed by atoms with Gasteiger partial charge in [0.15, 0.2) is 5.89 Å². The van der Waals surface area contributed by atoms with E-state index in [0.717, 1.165) is 11.3 Å². The summed E-state index contributed by atoms with van der Waals surface area (Å²) in [6.45, 7) is 1.80. The van der Waals surface area contributed by atoms with Gasteiger partial charge in [-0.25, -0.2) is 4.98 Å². The predicted molar refractivity (Wildman–Crippen MR) is 57.6 cm³/mol. The molecule has 0 saturated heterocycles. The van der Waals surface area contributed by atoms with Gasteiger partial charge in [0.05, 0.1) is 12.8 Å². The van der Waals surface area contributed by atoms with E-state index in [1.54, 1.807) is 20.3 Å². The Morgan fingerprint density at radius 3 is 2.73 bits per heavy atom. The van der Waals surface area contributed by atoms with E-state index in [1.165, 1.54) is 0 Å². The lowest BCUT2D eigenvalue weighted by Crippen LogP contribution is -1.92. The van der Waals surface area contributed by atoms with Gasteiger partial charge in [0.1, 0.15) is 17.7 Å². The van der Waals surface area contributed by atoms with E-state index in [0.29, 0.717) is 17.3 Å². The Kier molecular flexibility index (Phi) is 2.33. The van der Waals surface area contributed by atoms with Gasteiger partial charge in [0.2, 0.25) is 0 Å². The van der Waals surface area contributed by atoms with E-state index >= 15 is 0 Å². The molecule has 15 heavy (non-hydrogen) atoms. The van der Waals surface area contributed by atoms with Crippen LogP contribution in [-0.4, -0.2) is 12.1 Å². The molecule has 1 heterocycles. The maximum atomic E-state index is 5.79. The van der Waals surface area contributed by atoms with Gasteiger partial charge in [-0.15, -0.1) is 0 Å². The second-order valence-electron chi connectivity index (χ2n) is 3.21. The van der Waals surface area contributed by atoms with Crippen molar-refractivity contribution in [3.05, 3.63) is 30.4 Å². The molecule has 0 unspecified atom stereocenters. The molecule has 78 valence electrons. The third-order valence-corrected chi connectivity index (χ3v) is 2.14. The number of nitrogens with zero attached hydrogens (tertiary/aromatic N) is 1. The fraction of sp³-hybridized carbons (Fsp3) is 0.182. The first-order valence-electron chi connectivity index (χ1n) is 4.56. The summed E-state index contributed by atoms with van der Waals surface area (Å²) in [4.78, 5) is 4.21. The molecule has 0 fully saturated rings. The Hall–Kier alpha value is -1.97. The monoisotopic (exact) mass is 204 g/mol. The summed E-state index contributed by atoms with van der Waals surface area (Å²) in [6, 6.07) is 5.53. The van der Waals surface area contributed by atoms with Crippen LogP contribution in [-0.2, 0) is 0 Å². The van der Waals surface area contributed by atoms with Crippen molar-refractivity contribution < 1.29 is 9.15 Å². The predicted octanol–water partition coefficient (Wildman–Crippen LogP) is 2.24. The average molecular weight is 204 g/mol. The molecule has 1 aromatic heterocycles. The number of hydrogen-bond donors (Lipinski definition) is 1. The van der Waals surface area contributed by atoms with Crippen LogP contribution in [0.2, 0.25) is 0 Å². The second kappa shape index (κ2) is 3.65. The van der Waals surface area contributed by atoms with Crippen LogP contribution in [0.5, 0.6) is 5.75 Å². The maximum Gasteiger partial charge on any atom is 0.191 e. The van der Waals surface area contributed by atoms with Gasteiger partial charge in [-0.05, 0) is 18.2 Å². The third-order valence-electron chi connectivity index (χ3n) is 2.14. The second-order valence-corrected chi connectivity index (χ2v) is 3.21. The number of oxazole rings is 1. The highest BCUT2D eigenvalue weighted by atomic mass is 16.5. The van der Waals surface area contributed by atoms with E-state index in [-0.39, 0.29) is 0 Å². The van der Waals surface area contributed by atoms with Crippen molar-refractivity contribution in [1.82, 2.24) is 4.98 Å². The van der Waals surface area contributed by atoms with Crippen LogP contribution < -0.4 is 10.5 Å². The first kappa shape index (κ1) is 9.58. The summed E-state index contributed by atoms with van der Waals surface area (Å²) in [7, 11) is 1.59. The van der Waals surface area contributed by atoms with E-state index in [2.05, 4.69) is 4.98 Å². The smallest absolute Gasteiger partial charge is 0.191 e. The number of aromatic nitrogens is 1. The molecule has 0 spiro atoms. The van der Waals surface area contributed by atoms with Gasteiger partial charge >= 0.3 is 0 Å². The largest absolute Gasteiger partial charge is 0.495 e. The standard InChI is InChI=1S/C11H12N2O2/c1-7-13-10(6-15-7)8-3-4-11(14-2)9(12)5-8/h3-6H,12H2,1-2H3. The van der Waals surface area contributed by atoms with Crippen molar-refractivity contribution in [3.63, 3.8) is 0 Å². The zero-order valence-electron chi connectivity index (χ0n) is 8.65. The van der Waals surface area contributed by atoms with E-state index < -0.39 is 0 Å². The molecule has 0 aliphatic carbocycles. The first-order valence-corrected chi connectivity index (χ1v) is 4.56. The Morgan fingerprint density at radius 1 is 1.40 bits per heavy atom. The van der Waals surface area contributed by atoms with Crippen molar-refractivity contribution >= 4 is 5.69 Å². The van der Waals surface area contributed by atoms with E-state index in [4.69, 9.17) is 14.9 Å².